The van der Waals surface area contributed by atoms with Crippen LogP contribution in [0.15, 0.2) is 42.6 Å². The summed E-state index contributed by atoms with van der Waals surface area (Å²) >= 11 is 0. The van der Waals surface area contributed by atoms with Crippen molar-refractivity contribution >= 4 is 11.0 Å². The van der Waals surface area contributed by atoms with Crippen molar-refractivity contribution in [2.45, 2.75) is 12.8 Å². The Morgan fingerprint density at radius 3 is 2.80 bits per heavy atom. The number of hydrogen-bond donors (Lipinski definition) is 0. The number of aryl methyl sites for hydroxylation is 3. The molecule has 0 N–H and O–H groups in total. The number of nitriles is 1. The standard InChI is InChI=1S/C16H14N4/c1-20-14-7-4-5-12(11-17)16(14)19-15(20)9-8-13-6-2-3-10-18-13/h2-7,10H,8-9H2,1H3. The SMILES string of the molecule is Cn1c(CCc2ccccn2)nc2c(C#N)cccc21. The largest absolute Gasteiger partial charge is 0.331 e. The van der Waals surface area contributed by atoms with Crippen LogP contribution in [-0.2, 0) is 19.9 Å². The summed E-state index contributed by atoms with van der Waals surface area (Å²) in [4.78, 5) is 8.93. The van der Waals surface area contributed by atoms with E-state index in [9.17, 15) is 0 Å². The van der Waals surface area contributed by atoms with E-state index >= 15 is 0 Å². The molecule has 4 nitrogen and oxygen atoms in total. The van der Waals surface area contributed by atoms with Crippen LogP contribution < -0.4 is 0 Å². The van der Waals surface area contributed by atoms with Crippen LogP contribution in [0, 0.1) is 11.3 Å². The maximum Gasteiger partial charge on any atom is 0.110 e. The van der Waals surface area contributed by atoms with Gasteiger partial charge in [0.2, 0.25) is 0 Å². The van der Waals surface area contributed by atoms with E-state index in [1.807, 2.05) is 37.4 Å². The van der Waals surface area contributed by atoms with Gasteiger partial charge in [0.15, 0.2) is 0 Å². The third-order valence-corrected chi connectivity index (χ3v) is 3.46. The van der Waals surface area contributed by atoms with Gasteiger partial charge in [0.1, 0.15) is 17.4 Å². The summed E-state index contributed by atoms with van der Waals surface area (Å²) < 4.78 is 2.05. The number of hydrogen-bond acceptors (Lipinski definition) is 3. The second-order valence-corrected chi connectivity index (χ2v) is 4.69. The summed E-state index contributed by atoms with van der Waals surface area (Å²) in [5.74, 6) is 0.980. The number of rotatable bonds is 3. The molecule has 20 heavy (non-hydrogen) atoms. The third kappa shape index (κ3) is 2.14. The van der Waals surface area contributed by atoms with E-state index in [0.717, 1.165) is 35.4 Å². The minimum Gasteiger partial charge on any atom is -0.331 e. The lowest BCUT2D eigenvalue weighted by molar-refractivity contribution is 0.776. The molecule has 0 aliphatic heterocycles. The molecule has 3 aromatic rings. The second kappa shape index (κ2) is 5.14. The fraction of sp³-hybridized carbons (Fsp3) is 0.188. The van der Waals surface area contributed by atoms with E-state index in [4.69, 9.17) is 5.26 Å². The van der Waals surface area contributed by atoms with E-state index in [1.165, 1.54) is 0 Å². The lowest BCUT2D eigenvalue weighted by Crippen LogP contribution is -2.01. The molecule has 0 amide bonds. The summed E-state index contributed by atoms with van der Waals surface area (Å²) in [5, 5.41) is 9.13. The van der Waals surface area contributed by atoms with Crippen LogP contribution in [0.3, 0.4) is 0 Å². The van der Waals surface area contributed by atoms with E-state index in [0.29, 0.717) is 5.56 Å². The highest BCUT2D eigenvalue weighted by Crippen LogP contribution is 2.19. The molecular weight excluding hydrogens is 248 g/mol. The molecule has 2 heterocycles. The van der Waals surface area contributed by atoms with Gasteiger partial charge in [-0.3, -0.25) is 4.98 Å². The quantitative estimate of drug-likeness (QED) is 0.729. The van der Waals surface area contributed by atoms with Gasteiger partial charge in [-0.25, -0.2) is 4.98 Å². The number of benzene rings is 1. The molecule has 0 saturated carbocycles. The molecule has 98 valence electrons. The fourth-order valence-corrected chi connectivity index (χ4v) is 2.36. The molecule has 3 rings (SSSR count). The Kier molecular flexibility index (Phi) is 3.18. The van der Waals surface area contributed by atoms with E-state index in [1.54, 1.807) is 12.3 Å². The molecule has 0 saturated heterocycles. The van der Waals surface area contributed by atoms with Crippen molar-refractivity contribution < 1.29 is 0 Å². The molecule has 0 bridgehead atoms. The Morgan fingerprint density at radius 1 is 1.15 bits per heavy atom. The fourth-order valence-electron chi connectivity index (χ4n) is 2.36. The topological polar surface area (TPSA) is 54.5 Å². The third-order valence-electron chi connectivity index (χ3n) is 3.46. The van der Waals surface area contributed by atoms with Crippen molar-refractivity contribution in [3.8, 4) is 6.07 Å². The van der Waals surface area contributed by atoms with E-state index in [2.05, 4.69) is 20.6 Å². The van der Waals surface area contributed by atoms with Crippen LogP contribution in [0.1, 0.15) is 17.1 Å². The van der Waals surface area contributed by atoms with Crippen LogP contribution in [0.2, 0.25) is 0 Å². The first-order valence-electron chi connectivity index (χ1n) is 6.54. The number of pyridine rings is 1. The van der Waals surface area contributed by atoms with Crippen LogP contribution in [0.4, 0.5) is 0 Å². The van der Waals surface area contributed by atoms with Crippen molar-refractivity contribution in [3.63, 3.8) is 0 Å². The molecule has 0 spiro atoms. The first-order valence-corrected chi connectivity index (χ1v) is 6.54. The molecule has 1 aromatic carbocycles. The normalized spacial score (nSPS) is 10.6. The van der Waals surface area contributed by atoms with Crippen molar-refractivity contribution in [3.05, 3.63) is 59.7 Å². The Balaban J connectivity index is 1.93. The molecule has 0 atom stereocenters. The van der Waals surface area contributed by atoms with Gasteiger partial charge in [0, 0.05) is 25.4 Å². The van der Waals surface area contributed by atoms with Gasteiger partial charge in [-0.1, -0.05) is 12.1 Å². The Bertz CT molecular complexity index is 781. The number of nitrogens with zero attached hydrogens (tertiary/aromatic N) is 4. The number of imidazole rings is 1. The Labute approximate surface area is 117 Å². The van der Waals surface area contributed by atoms with Gasteiger partial charge in [0.05, 0.1) is 11.1 Å². The highest BCUT2D eigenvalue weighted by Gasteiger charge is 2.10. The smallest absolute Gasteiger partial charge is 0.110 e. The number of aromatic nitrogens is 3. The first kappa shape index (κ1) is 12.4. The Morgan fingerprint density at radius 2 is 2.05 bits per heavy atom. The van der Waals surface area contributed by atoms with Crippen molar-refractivity contribution in [2.24, 2.45) is 7.05 Å². The van der Waals surface area contributed by atoms with Crippen molar-refractivity contribution in [1.82, 2.24) is 14.5 Å². The molecule has 0 unspecified atom stereocenters. The molecule has 0 fully saturated rings. The average molecular weight is 262 g/mol. The number of fused-ring (bicyclic) bond motifs is 1. The maximum atomic E-state index is 9.13. The lowest BCUT2D eigenvalue weighted by Gasteiger charge is -2.02. The van der Waals surface area contributed by atoms with Gasteiger partial charge >= 0.3 is 0 Å². The van der Waals surface area contributed by atoms with E-state index in [-0.39, 0.29) is 0 Å². The molecule has 2 aromatic heterocycles. The average Bonchev–Trinajstić information content (AvgIpc) is 2.83. The molecule has 0 radical (unpaired) electrons. The zero-order chi connectivity index (χ0) is 13.9. The van der Waals surface area contributed by atoms with Gasteiger partial charge in [-0.2, -0.15) is 5.26 Å². The van der Waals surface area contributed by atoms with Crippen molar-refractivity contribution in [2.75, 3.05) is 0 Å². The van der Waals surface area contributed by atoms with Gasteiger partial charge in [-0.15, -0.1) is 0 Å². The van der Waals surface area contributed by atoms with Crippen LogP contribution in [0.5, 0.6) is 0 Å². The number of para-hydroxylation sites is 1. The van der Waals surface area contributed by atoms with Gasteiger partial charge < -0.3 is 4.57 Å². The Hall–Kier alpha value is -2.67. The summed E-state index contributed by atoms with van der Waals surface area (Å²) in [6.45, 7) is 0. The van der Waals surface area contributed by atoms with E-state index < -0.39 is 0 Å². The minimum atomic E-state index is 0.627. The first-order chi connectivity index (χ1) is 9.79. The predicted octanol–water partition coefficient (Wildman–Crippen LogP) is 2.63. The second-order valence-electron chi connectivity index (χ2n) is 4.69. The van der Waals surface area contributed by atoms with Crippen LogP contribution >= 0.6 is 0 Å². The maximum absolute atomic E-state index is 9.13. The highest BCUT2D eigenvalue weighted by molar-refractivity contribution is 5.82. The predicted molar refractivity (Wildman–Crippen MR) is 77.1 cm³/mol. The van der Waals surface area contributed by atoms with Gasteiger partial charge in [-0.05, 0) is 30.7 Å². The summed E-state index contributed by atoms with van der Waals surface area (Å²) in [6, 6.07) is 13.8. The summed E-state index contributed by atoms with van der Waals surface area (Å²) in [7, 11) is 1.99. The summed E-state index contributed by atoms with van der Waals surface area (Å²) in [6.07, 6.45) is 3.46. The molecule has 0 aliphatic rings. The minimum absolute atomic E-state index is 0.627. The molecule has 0 aliphatic carbocycles. The highest BCUT2D eigenvalue weighted by atomic mass is 15.1. The molecule has 4 heteroatoms. The lowest BCUT2D eigenvalue weighted by atomic mass is 10.2. The van der Waals surface area contributed by atoms with Crippen molar-refractivity contribution in [1.29, 1.82) is 5.26 Å². The van der Waals surface area contributed by atoms with Crippen LogP contribution in [0.25, 0.3) is 11.0 Å². The summed E-state index contributed by atoms with van der Waals surface area (Å²) in [5.41, 5.74) is 3.47. The zero-order valence-corrected chi connectivity index (χ0v) is 11.2. The monoisotopic (exact) mass is 262 g/mol. The zero-order valence-electron chi connectivity index (χ0n) is 11.2. The van der Waals surface area contributed by atoms with Gasteiger partial charge in [0.25, 0.3) is 0 Å². The van der Waals surface area contributed by atoms with Crippen LogP contribution in [-0.4, -0.2) is 14.5 Å². The molecular formula is C16H14N4.